The second-order valence-corrected chi connectivity index (χ2v) is 3.92. The zero-order valence-corrected chi connectivity index (χ0v) is 7.77. The van der Waals surface area contributed by atoms with Crippen molar-refractivity contribution in [3.05, 3.63) is 23.9 Å². The zero-order valence-electron chi connectivity index (χ0n) is 6.95. The van der Waals surface area contributed by atoms with Crippen molar-refractivity contribution in [2.45, 2.75) is 6.92 Å². The van der Waals surface area contributed by atoms with Gasteiger partial charge >= 0.3 is 0 Å². The average molecular weight is 184 g/mol. The molecule has 2 aliphatic rings. The van der Waals surface area contributed by atoms with Crippen LogP contribution in [-0.4, -0.2) is 5.11 Å². The second kappa shape index (κ2) is 2.59. The molecule has 3 heteroatoms. The van der Waals surface area contributed by atoms with E-state index in [0.717, 1.165) is 17.5 Å². The van der Waals surface area contributed by atoms with Crippen LogP contribution >= 0.6 is 12.2 Å². The molecule has 1 saturated carbocycles. The molecule has 68 valence electrons. The maximum atomic E-state index is 5.36. The Morgan fingerprint density at radius 3 is 3.00 bits per heavy atom. The minimum Gasteiger partial charge on any atom is -0.376 e. The van der Waals surface area contributed by atoms with Gasteiger partial charge in [0.25, 0.3) is 0 Å². The monoisotopic (exact) mass is 184 g/mol. The van der Waals surface area contributed by atoms with Crippen LogP contribution < -0.4 is 11.1 Å². The van der Waals surface area contributed by atoms with E-state index < -0.39 is 0 Å². The Hall–Kier alpha value is -0.830. The molecule has 0 heterocycles. The van der Waals surface area contributed by atoms with Crippen LogP contribution in [0.15, 0.2) is 23.9 Å². The number of hydrogen-bond donors (Lipinski definition) is 2. The highest BCUT2D eigenvalue weighted by Crippen LogP contribution is 2.50. The second-order valence-electron chi connectivity index (χ2n) is 3.48. The highest BCUT2D eigenvalue weighted by Gasteiger charge is 2.44. The molecular formula is C9H16N2S. The number of thiocarbonyl (C=S) groups is 1. The molecule has 0 saturated heterocycles. The van der Waals surface area contributed by atoms with Crippen molar-refractivity contribution < 1.29 is 2.85 Å². The number of hydrogen-bond acceptors (Lipinski definition) is 1. The predicted octanol–water partition coefficient (Wildman–Crippen LogP) is 1.65. The molecule has 0 amide bonds. The molecule has 12 heavy (non-hydrogen) atoms. The fourth-order valence-electron chi connectivity index (χ4n) is 1.80. The van der Waals surface area contributed by atoms with E-state index in [4.69, 9.17) is 18.0 Å². The van der Waals surface area contributed by atoms with E-state index in [2.05, 4.69) is 30.5 Å². The number of nitrogens with two attached hydrogens (primary N) is 1. The van der Waals surface area contributed by atoms with Crippen molar-refractivity contribution >= 4 is 17.3 Å². The van der Waals surface area contributed by atoms with Crippen LogP contribution in [0.25, 0.3) is 0 Å². The number of allylic oxidation sites excluding steroid dienone is 3. The lowest BCUT2D eigenvalue weighted by Crippen LogP contribution is -2.28. The average Bonchev–Trinajstić information content (AvgIpc) is 2.61. The fourth-order valence-corrected chi connectivity index (χ4v) is 1.91. The zero-order chi connectivity index (χ0) is 8.72. The van der Waals surface area contributed by atoms with Crippen LogP contribution in [0.5, 0.6) is 0 Å². The highest BCUT2D eigenvalue weighted by atomic mass is 32.1. The summed E-state index contributed by atoms with van der Waals surface area (Å²) in [6, 6.07) is 0. The standard InChI is InChI=1S/C9H12N2S.2H2/c1-5-7-3-2-6(4-8(5)7)11-9(10)12;;/h2-5,7-8H,1H3,(H3,10,11,12);2*1H. The van der Waals surface area contributed by atoms with Gasteiger partial charge in [0.1, 0.15) is 0 Å². The Kier molecular flexibility index (Phi) is 1.68. The van der Waals surface area contributed by atoms with E-state index in [1.807, 2.05) is 0 Å². The SMILES string of the molecule is CC1C2C=CC(NC(N)=S)=CC12.[HH].[HH]. The first-order valence-corrected chi connectivity index (χ1v) is 4.56. The Bertz CT molecular complexity index is 289. The molecule has 0 aromatic carbocycles. The molecule has 0 bridgehead atoms. The lowest BCUT2D eigenvalue weighted by molar-refractivity contribution is 0.883. The fraction of sp³-hybridized carbons (Fsp3) is 0.444. The number of nitrogens with one attached hydrogen (secondary N) is 1. The Morgan fingerprint density at radius 1 is 1.67 bits per heavy atom. The van der Waals surface area contributed by atoms with E-state index in [1.54, 1.807) is 0 Å². The van der Waals surface area contributed by atoms with Gasteiger partial charge in [-0.3, -0.25) is 0 Å². The summed E-state index contributed by atoms with van der Waals surface area (Å²) in [7, 11) is 0. The van der Waals surface area contributed by atoms with Gasteiger partial charge in [0.05, 0.1) is 0 Å². The Morgan fingerprint density at radius 2 is 2.42 bits per heavy atom. The third-order valence-electron chi connectivity index (χ3n) is 2.66. The van der Waals surface area contributed by atoms with Gasteiger partial charge < -0.3 is 11.1 Å². The van der Waals surface area contributed by atoms with E-state index in [1.165, 1.54) is 0 Å². The maximum absolute atomic E-state index is 5.36. The van der Waals surface area contributed by atoms with Crippen LogP contribution in [0.4, 0.5) is 0 Å². The van der Waals surface area contributed by atoms with Crippen molar-refractivity contribution in [2.75, 3.05) is 0 Å². The summed E-state index contributed by atoms with van der Waals surface area (Å²) < 4.78 is 0. The van der Waals surface area contributed by atoms with Crippen molar-refractivity contribution in [1.82, 2.24) is 5.32 Å². The molecular weight excluding hydrogens is 168 g/mol. The molecule has 2 aliphatic carbocycles. The van der Waals surface area contributed by atoms with Gasteiger partial charge in [-0.2, -0.15) is 0 Å². The lowest BCUT2D eigenvalue weighted by atomic mass is 10.1. The highest BCUT2D eigenvalue weighted by molar-refractivity contribution is 7.80. The first kappa shape index (κ1) is 7.80. The van der Waals surface area contributed by atoms with Gasteiger partial charge in [0, 0.05) is 8.55 Å². The molecule has 0 aromatic heterocycles. The molecule has 0 aliphatic heterocycles. The van der Waals surface area contributed by atoms with Gasteiger partial charge in [-0.25, -0.2) is 0 Å². The number of rotatable bonds is 1. The summed E-state index contributed by atoms with van der Waals surface area (Å²) in [6.45, 7) is 2.26. The first-order chi connectivity index (χ1) is 5.68. The molecule has 0 radical (unpaired) electrons. The molecule has 3 N–H and O–H groups in total. The van der Waals surface area contributed by atoms with Gasteiger partial charge in [-0.1, -0.05) is 19.1 Å². The van der Waals surface area contributed by atoms with Crippen LogP contribution in [-0.2, 0) is 0 Å². The Labute approximate surface area is 80.5 Å². The summed E-state index contributed by atoms with van der Waals surface area (Å²) in [6.07, 6.45) is 6.51. The predicted molar refractivity (Wildman–Crippen MR) is 57.5 cm³/mol. The maximum Gasteiger partial charge on any atom is 0.168 e. The summed E-state index contributed by atoms with van der Waals surface area (Å²) in [4.78, 5) is 0. The molecule has 0 aromatic rings. The van der Waals surface area contributed by atoms with Crippen molar-refractivity contribution in [3.8, 4) is 0 Å². The smallest absolute Gasteiger partial charge is 0.168 e. The van der Waals surface area contributed by atoms with Crippen LogP contribution in [0.3, 0.4) is 0 Å². The normalized spacial score (nSPS) is 36.8. The summed E-state index contributed by atoms with van der Waals surface area (Å²) >= 11 is 4.75. The summed E-state index contributed by atoms with van der Waals surface area (Å²) in [5, 5.41) is 3.29. The van der Waals surface area contributed by atoms with E-state index >= 15 is 0 Å². The summed E-state index contributed by atoms with van der Waals surface area (Å²) in [5.74, 6) is 2.28. The van der Waals surface area contributed by atoms with Crippen LogP contribution in [0, 0.1) is 17.8 Å². The third-order valence-corrected chi connectivity index (χ3v) is 2.76. The van der Waals surface area contributed by atoms with Crippen molar-refractivity contribution in [1.29, 1.82) is 0 Å². The van der Waals surface area contributed by atoms with E-state index in [-0.39, 0.29) is 2.85 Å². The minimum atomic E-state index is 0. The minimum absolute atomic E-state index is 0. The van der Waals surface area contributed by atoms with Crippen molar-refractivity contribution in [2.24, 2.45) is 23.5 Å². The Balaban J connectivity index is 0.000000845. The van der Waals surface area contributed by atoms with Gasteiger partial charge in [0.15, 0.2) is 5.11 Å². The van der Waals surface area contributed by atoms with Gasteiger partial charge in [0.2, 0.25) is 0 Å². The van der Waals surface area contributed by atoms with E-state index in [9.17, 15) is 0 Å². The molecule has 3 atom stereocenters. The molecule has 1 fully saturated rings. The third kappa shape index (κ3) is 1.25. The molecule has 2 rings (SSSR count). The van der Waals surface area contributed by atoms with E-state index in [0.29, 0.717) is 11.0 Å². The largest absolute Gasteiger partial charge is 0.376 e. The molecule has 3 unspecified atom stereocenters. The van der Waals surface area contributed by atoms with Crippen LogP contribution in [0.2, 0.25) is 0 Å². The van der Waals surface area contributed by atoms with Gasteiger partial charge in [-0.05, 0) is 36.0 Å². The number of fused-ring (bicyclic) bond motifs is 1. The first-order valence-electron chi connectivity index (χ1n) is 4.15. The van der Waals surface area contributed by atoms with Gasteiger partial charge in [-0.15, -0.1) is 0 Å². The topological polar surface area (TPSA) is 38.0 Å². The van der Waals surface area contributed by atoms with Crippen LogP contribution in [0.1, 0.15) is 9.78 Å². The van der Waals surface area contributed by atoms with Crippen molar-refractivity contribution in [3.63, 3.8) is 0 Å². The quantitative estimate of drug-likeness (QED) is 0.609. The lowest BCUT2D eigenvalue weighted by Gasteiger charge is -2.06. The summed E-state index contributed by atoms with van der Waals surface area (Å²) in [5.41, 5.74) is 6.41. The molecule has 2 nitrogen and oxygen atoms in total. The molecule has 0 spiro atoms.